The van der Waals surface area contributed by atoms with Crippen LogP contribution >= 0.6 is 23.2 Å². The summed E-state index contributed by atoms with van der Waals surface area (Å²) in [5.41, 5.74) is 3.87. The molecule has 1 aromatic carbocycles. The zero-order valence-electron chi connectivity index (χ0n) is 10.9. The fraction of sp³-hybridized carbons (Fsp3) is 0.571. The van der Waals surface area contributed by atoms with Crippen molar-refractivity contribution in [2.75, 3.05) is 13.2 Å². The van der Waals surface area contributed by atoms with Crippen molar-refractivity contribution in [3.63, 3.8) is 0 Å². The molecule has 1 aromatic rings. The lowest BCUT2D eigenvalue weighted by Gasteiger charge is -2.26. The zero-order valence-corrected chi connectivity index (χ0v) is 12.4. The van der Waals surface area contributed by atoms with Gasteiger partial charge in [-0.3, -0.25) is 11.3 Å². The van der Waals surface area contributed by atoms with Crippen LogP contribution in [0.25, 0.3) is 0 Å². The SMILES string of the molecule is NNC(Cc1c(Cl)cccc1Cl)CC1CCOCC1. The van der Waals surface area contributed by atoms with Gasteiger partial charge in [0.25, 0.3) is 0 Å². The first kappa shape index (κ1) is 15.1. The van der Waals surface area contributed by atoms with E-state index in [1.54, 1.807) is 0 Å². The summed E-state index contributed by atoms with van der Waals surface area (Å²) >= 11 is 12.4. The summed E-state index contributed by atoms with van der Waals surface area (Å²) in [4.78, 5) is 0. The van der Waals surface area contributed by atoms with Crippen LogP contribution in [0, 0.1) is 5.92 Å². The normalized spacial score (nSPS) is 18.5. The molecule has 19 heavy (non-hydrogen) atoms. The van der Waals surface area contributed by atoms with E-state index in [0.29, 0.717) is 16.0 Å². The van der Waals surface area contributed by atoms with Crippen molar-refractivity contribution >= 4 is 23.2 Å². The van der Waals surface area contributed by atoms with Gasteiger partial charge >= 0.3 is 0 Å². The molecular formula is C14H20Cl2N2O. The fourth-order valence-corrected chi connectivity index (χ4v) is 3.12. The molecule has 0 bridgehead atoms. The summed E-state index contributed by atoms with van der Waals surface area (Å²) < 4.78 is 5.38. The van der Waals surface area contributed by atoms with Gasteiger partial charge in [0, 0.05) is 29.3 Å². The molecule has 1 aliphatic rings. The molecule has 0 amide bonds. The molecule has 3 N–H and O–H groups in total. The van der Waals surface area contributed by atoms with E-state index in [1.165, 1.54) is 0 Å². The Bertz CT molecular complexity index is 388. The van der Waals surface area contributed by atoms with Crippen molar-refractivity contribution in [2.24, 2.45) is 11.8 Å². The van der Waals surface area contributed by atoms with E-state index in [9.17, 15) is 0 Å². The largest absolute Gasteiger partial charge is 0.381 e. The number of nitrogens with two attached hydrogens (primary N) is 1. The van der Waals surface area contributed by atoms with E-state index < -0.39 is 0 Å². The Kier molecular flexibility index (Phi) is 5.92. The van der Waals surface area contributed by atoms with Gasteiger partial charge in [-0.25, -0.2) is 0 Å². The average Bonchev–Trinajstić information content (AvgIpc) is 2.43. The van der Waals surface area contributed by atoms with Crippen molar-refractivity contribution in [3.05, 3.63) is 33.8 Å². The highest BCUT2D eigenvalue weighted by Gasteiger charge is 2.20. The van der Waals surface area contributed by atoms with Gasteiger partial charge in [-0.15, -0.1) is 0 Å². The second-order valence-electron chi connectivity index (χ2n) is 5.06. The number of hydrazine groups is 1. The smallest absolute Gasteiger partial charge is 0.0468 e. The molecule has 0 saturated carbocycles. The summed E-state index contributed by atoms with van der Waals surface area (Å²) in [5, 5.41) is 1.42. The minimum Gasteiger partial charge on any atom is -0.381 e. The van der Waals surface area contributed by atoms with Gasteiger partial charge in [-0.1, -0.05) is 29.3 Å². The van der Waals surface area contributed by atoms with Gasteiger partial charge in [0.15, 0.2) is 0 Å². The van der Waals surface area contributed by atoms with E-state index in [2.05, 4.69) is 5.43 Å². The number of rotatable bonds is 5. The van der Waals surface area contributed by atoms with Gasteiger partial charge in [0.2, 0.25) is 0 Å². The molecule has 2 rings (SSSR count). The Hall–Kier alpha value is -0.320. The molecule has 1 saturated heterocycles. The summed E-state index contributed by atoms with van der Waals surface area (Å²) in [6.07, 6.45) is 4.00. The molecule has 0 aromatic heterocycles. The molecule has 1 fully saturated rings. The van der Waals surface area contributed by atoms with Crippen molar-refractivity contribution in [1.82, 2.24) is 5.43 Å². The van der Waals surface area contributed by atoms with E-state index in [0.717, 1.165) is 44.5 Å². The van der Waals surface area contributed by atoms with Crippen LogP contribution < -0.4 is 11.3 Å². The van der Waals surface area contributed by atoms with Gasteiger partial charge < -0.3 is 4.74 Å². The summed E-state index contributed by atoms with van der Waals surface area (Å²) in [6, 6.07) is 5.79. The maximum absolute atomic E-state index is 6.20. The molecule has 106 valence electrons. The van der Waals surface area contributed by atoms with E-state index in [1.807, 2.05) is 18.2 Å². The molecule has 0 radical (unpaired) electrons. The molecule has 3 nitrogen and oxygen atoms in total. The molecular weight excluding hydrogens is 283 g/mol. The number of nitrogens with one attached hydrogen (secondary N) is 1. The topological polar surface area (TPSA) is 47.3 Å². The highest BCUT2D eigenvalue weighted by atomic mass is 35.5. The molecule has 1 unspecified atom stereocenters. The van der Waals surface area contributed by atoms with Gasteiger partial charge in [-0.05, 0) is 49.3 Å². The first-order valence-electron chi connectivity index (χ1n) is 6.67. The standard InChI is InChI=1S/C14H20Cl2N2O/c15-13-2-1-3-14(16)12(13)9-11(18-17)8-10-4-6-19-7-5-10/h1-3,10-11,18H,4-9,17H2. The van der Waals surface area contributed by atoms with Crippen LogP contribution in [0.1, 0.15) is 24.8 Å². The van der Waals surface area contributed by atoms with Crippen molar-refractivity contribution in [3.8, 4) is 0 Å². The van der Waals surface area contributed by atoms with E-state index >= 15 is 0 Å². The van der Waals surface area contributed by atoms with Crippen LogP contribution in [-0.2, 0) is 11.2 Å². The average molecular weight is 303 g/mol. The van der Waals surface area contributed by atoms with Crippen LogP contribution in [-0.4, -0.2) is 19.3 Å². The lowest BCUT2D eigenvalue weighted by molar-refractivity contribution is 0.0605. The number of benzene rings is 1. The maximum Gasteiger partial charge on any atom is 0.0468 e. The Morgan fingerprint density at radius 1 is 1.26 bits per heavy atom. The summed E-state index contributed by atoms with van der Waals surface area (Å²) in [7, 11) is 0. The van der Waals surface area contributed by atoms with Gasteiger partial charge in [0.05, 0.1) is 0 Å². The molecule has 0 aliphatic carbocycles. The van der Waals surface area contributed by atoms with Crippen LogP contribution in [0.15, 0.2) is 18.2 Å². The highest BCUT2D eigenvalue weighted by molar-refractivity contribution is 6.35. The van der Waals surface area contributed by atoms with Crippen molar-refractivity contribution in [1.29, 1.82) is 0 Å². The molecule has 1 aliphatic heterocycles. The minimum absolute atomic E-state index is 0.195. The fourth-order valence-electron chi connectivity index (χ4n) is 2.57. The lowest BCUT2D eigenvalue weighted by atomic mass is 9.90. The number of ether oxygens (including phenoxy) is 1. The van der Waals surface area contributed by atoms with Crippen molar-refractivity contribution in [2.45, 2.75) is 31.7 Å². The van der Waals surface area contributed by atoms with E-state index in [4.69, 9.17) is 33.8 Å². The predicted octanol–water partition coefficient (Wildman–Crippen LogP) is 3.18. The second kappa shape index (κ2) is 7.46. The Morgan fingerprint density at radius 2 is 1.89 bits per heavy atom. The minimum atomic E-state index is 0.195. The third kappa shape index (κ3) is 4.33. The Labute approximate surface area is 124 Å². The molecule has 0 spiro atoms. The van der Waals surface area contributed by atoms with Crippen LogP contribution in [0.3, 0.4) is 0 Å². The van der Waals surface area contributed by atoms with Gasteiger partial charge in [0.1, 0.15) is 0 Å². The van der Waals surface area contributed by atoms with E-state index in [-0.39, 0.29) is 6.04 Å². The van der Waals surface area contributed by atoms with Crippen LogP contribution in [0.2, 0.25) is 10.0 Å². The summed E-state index contributed by atoms with van der Waals surface area (Å²) in [5.74, 6) is 6.33. The highest BCUT2D eigenvalue weighted by Crippen LogP contribution is 2.28. The number of hydrogen-bond donors (Lipinski definition) is 2. The molecule has 1 atom stereocenters. The first-order chi connectivity index (χ1) is 9.20. The predicted molar refractivity (Wildman–Crippen MR) is 79.4 cm³/mol. The summed E-state index contributed by atoms with van der Waals surface area (Å²) in [6.45, 7) is 1.71. The van der Waals surface area contributed by atoms with Crippen molar-refractivity contribution < 1.29 is 4.74 Å². The van der Waals surface area contributed by atoms with Gasteiger partial charge in [-0.2, -0.15) is 0 Å². The zero-order chi connectivity index (χ0) is 13.7. The molecule has 5 heteroatoms. The third-order valence-electron chi connectivity index (χ3n) is 3.71. The molecule has 1 heterocycles. The first-order valence-corrected chi connectivity index (χ1v) is 7.43. The lowest BCUT2D eigenvalue weighted by Crippen LogP contribution is -2.39. The monoisotopic (exact) mass is 302 g/mol. The number of halogens is 2. The third-order valence-corrected chi connectivity index (χ3v) is 4.41. The second-order valence-corrected chi connectivity index (χ2v) is 5.87. The number of hydrogen-bond acceptors (Lipinski definition) is 3. The quantitative estimate of drug-likeness (QED) is 0.649. The van der Waals surface area contributed by atoms with Crippen LogP contribution in [0.5, 0.6) is 0 Å². The Balaban J connectivity index is 1.98. The maximum atomic E-state index is 6.20. The Morgan fingerprint density at radius 3 is 2.47 bits per heavy atom. The van der Waals surface area contributed by atoms with Crippen LogP contribution in [0.4, 0.5) is 0 Å².